The number of aliphatic carboxylic acids is 1. The molecule has 1 amide bonds. The Morgan fingerprint density at radius 2 is 1.89 bits per heavy atom. The third-order valence-corrected chi connectivity index (χ3v) is 4.04. The second kappa shape index (κ2) is 6.32. The Morgan fingerprint density at radius 1 is 1.33 bits per heavy atom. The molecule has 2 aliphatic rings. The molecule has 2 unspecified atom stereocenters. The first-order valence-corrected chi connectivity index (χ1v) is 6.14. The Balaban J connectivity index is 0.00000162. The van der Waals surface area contributed by atoms with Gasteiger partial charge in [-0.05, 0) is 12.8 Å². The summed E-state index contributed by atoms with van der Waals surface area (Å²) in [5.41, 5.74) is -0.447. The molecule has 96 valence electrons. The monoisotopic (exact) mass is 279 g/mol. The van der Waals surface area contributed by atoms with Crippen molar-refractivity contribution in [3.63, 3.8) is 0 Å². The summed E-state index contributed by atoms with van der Waals surface area (Å²) in [7, 11) is 0. The second-order valence-electron chi connectivity index (χ2n) is 5.45. The van der Waals surface area contributed by atoms with Gasteiger partial charge in [-0.2, -0.15) is 0 Å². The molecule has 0 aromatic carbocycles. The van der Waals surface area contributed by atoms with Crippen LogP contribution in [-0.4, -0.2) is 40.6 Å². The quantitative estimate of drug-likeness (QED) is 0.527. The zero-order valence-electron chi connectivity index (χ0n) is 11.0. The molecule has 18 heavy (non-hydrogen) atoms. The first-order chi connectivity index (χ1) is 7.94. The number of hydrogen-bond donors (Lipinski definition) is 1. The fourth-order valence-corrected chi connectivity index (χ4v) is 2.98. The van der Waals surface area contributed by atoms with E-state index in [1.54, 1.807) is 0 Å². The van der Waals surface area contributed by atoms with E-state index in [2.05, 4.69) is 0 Å². The molecule has 0 spiro atoms. The van der Waals surface area contributed by atoms with Gasteiger partial charge in [0.25, 0.3) is 0 Å². The van der Waals surface area contributed by atoms with Crippen LogP contribution in [0, 0.1) is 5.41 Å². The largest absolute Gasteiger partial charge is 1.00 e. The number of rotatable bonds is 2. The summed E-state index contributed by atoms with van der Waals surface area (Å²) in [4.78, 5) is 24.6. The summed E-state index contributed by atoms with van der Waals surface area (Å²) in [5.74, 6) is -1.41. The van der Waals surface area contributed by atoms with Crippen molar-refractivity contribution < 1.29 is 71.2 Å². The Kier molecular flexibility index (Phi) is 5.83. The summed E-state index contributed by atoms with van der Waals surface area (Å²) in [6, 6.07) is -0.963. The van der Waals surface area contributed by atoms with Crippen molar-refractivity contribution in [2.45, 2.75) is 51.2 Å². The van der Waals surface area contributed by atoms with Crippen molar-refractivity contribution in [2.75, 3.05) is 6.54 Å². The minimum absolute atomic E-state index is 0. The van der Waals surface area contributed by atoms with Crippen molar-refractivity contribution in [3.8, 4) is 0 Å². The standard InChI is InChI=1S/C12H19NO4.K/c1-12(4-2-3-5-12)11(17)13-7-8(14)6-9(13)10(15)16;/h8-9,14H,2-7H2,1H3,(H,15,16);/q;+1/p-1. The van der Waals surface area contributed by atoms with Crippen LogP contribution >= 0.6 is 0 Å². The number of carbonyl (C=O) groups is 2. The maximum absolute atomic E-state index is 12.4. The van der Waals surface area contributed by atoms with E-state index in [0.29, 0.717) is 0 Å². The number of carboxylic acids is 1. The molecule has 1 N–H and O–H groups in total. The zero-order valence-corrected chi connectivity index (χ0v) is 14.1. The number of carboxylic acid groups (broad SMARTS) is 1. The van der Waals surface area contributed by atoms with E-state index >= 15 is 0 Å². The van der Waals surface area contributed by atoms with Crippen LogP contribution in [0.3, 0.4) is 0 Å². The summed E-state index contributed by atoms with van der Waals surface area (Å²) in [5, 5.41) is 20.5. The van der Waals surface area contributed by atoms with E-state index in [4.69, 9.17) is 0 Å². The molecule has 0 aromatic heterocycles. The van der Waals surface area contributed by atoms with Gasteiger partial charge in [0, 0.05) is 18.4 Å². The van der Waals surface area contributed by atoms with Crippen LogP contribution in [0.4, 0.5) is 0 Å². The number of β-amino-alcohol motifs (C(OH)–C–C–N with tert-alkyl or cyclic N) is 1. The average molecular weight is 279 g/mol. The molecule has 2 fully saturated rings. The number of amides is 1. The maximum Gasteiger partial charge on any atom is 1.00 e. The van der Waals surface area contributed by atoms with Crippen molar-refractivity contribution >= 4 is 11.9 Å². The molecule has 0 bridgehead atoms. The molecule has 1 aliphatic carbocycles. The van der Waals surface area contributed by atoms with Crippen LogP contribution in [0.2, 0.25) is 0 Å². The predicted molar refractivity (Wildman–Crippen MR) is 57.7 cm³/mol. The van der Waals surface area contributed by atoms with Gasteiger partial charge in [0.05, 0.1) is 18.1 Å². The minimum Gasteiger partial charge on any atom is -0.548 e. The van der Waals surface area contributed by atoms with Crippen LogP contribution in [0.25, 0.3) is 0 Å². The van der Waals surface area contributed by atoms with Crippen LogP contribution < -0.4 is 56.5 Å². The molecular weight excluding hydrogens is 261 g/mol. The number of aliphatic hydroxyl groups excluding tert-OH is 1. The second-order valence-corrected chi connectivity index (χ2v) is 5.45. The Hall–Kier alpha value is 0.536. The van der Waals surface area contributed by atoms with E-state index in [1.165, 1.54) is 4.90 Å². The Bertz CT molecular complexity index is 341. The third kappa shape index (κ3) is 3.16. The van der Waals surface area contributed by atoms with Crippen molar-refractivity contribution in [1.82, 2.24) is 4.90 Å². The van der Waals surface area contributed by atoms with Gasteiger partial charge in [-0.3, -0.25) is 4.79 Å². The van der Waals surface area contributed by atoms with E-state index < -0.39 is 23.5 Å². The molecule has 0 aromatic rings. The molecule has 0 radical (unpaired) electrons. The summed E-state index contributed by atoms with van der Waals surface area (Å²) < 4.78 is 0. The van der Waals surface area contributed by atoms with Crippen molar-refractivity contribution in [3.05, 3.63) is 0 Å². The van der Waals surface area contributed by atoms with Crippen LogP contribution in [0.5, 0.6) is 0 Å². The average Bonchev–Trinajstić information content (AvgIpc) is 2.84. The molecule has 1 aliphatic heterocycles. The fourth-order valence-electron chi connectivity index (χ4n) is 2.98. The van der Waals surface area contributed by atoms with Gasteiger partial charge >= 0.3 is 51.4 Å². The third-order valence-electron chi connectivity index (χ3n) is 4.04. The molecule has 2 atom stereocenters. The first-order valence-electron chi connectivity index (χ1n) is 6.14. The molecule has 6 heteroatoms. The normalized spacial score (nSPS) is 30.0. The Morgan fingerprint density at radius 3 is 2.39 bits per heavy atom. The summed E-state index contributed by atoms with van der Waals surface area (Å²) in [6.07, 6.45) is 2.97. The Labute approximate surface area is 149 Å². The SMILES string of the molecule is CC1(C(=O)N2CC(O)CC2C(=O)[O-])CCCC1.[K+]. The van der Waals surface area contributed by atoms with E-state index in [9.17, 15) is 19.8 Å². The maximum atomic E-state index is 12.4. The molecule has 2 rings (SSSR count). The van der Waals surface area contributed by atoms with E-state index in [-0.39, 0.29) is 70.3 Å². The number of hydrogen-bond acceptors (Lipinski definition) is 4. The van der Waals surface area contributed by atoms with Gasteiger partial charge in [-0.25, -0.2) is 0 Å². The number of carbonyl (C=O) groups excluding carboxylic acids is 2. The van der Waals surface area contributed by atoms with E-state index in [1.807, 2.05) is 6.92 Å². The van der Waals surface area contributed by atoms with Crippen LogP contribution in [0.1, 0.15) is 39.0 Å². The molecular formula is C12H18KNO4. The molecule has 1 heterocycles. The van der Waals surface area contributed by atoms with Crippen LogP contribution in [0.15, 0.2) is 0 Å². The number of nitrogens with zero attached hydrogens (tertiary/aromatic N) is 1. The van der Waals surface area contributed by atoms with Gasteiger partial charge < -0.3 is 19.9 Å². The smallest absolute Gasteiger partial charge is 0.548 e. The summed E-state index contributed by atoms with van der Waals surface area (Å²) >= 11 is 0. The van der Waals surface area contributed by atoms with Gasteiger partial charge in [-0.1, -0.05) is 19.8 Å². The van der Waals surface area contributed by atoms with Crippen molar-refractivity contribution in [2.24, 2.45) is 5.41 Å². The topological polar surface area (TPSA) is 80.7 Å². The summed E-state index contributed by atoms with van der Waals surface area (Å²) in [6.45, 7) is 2.01. The molecule has 1 saturated heterocycles. The van der Waals surface area contributed by atoms with Gasteiger partial charge in [0.1, 0.15) is 0 Å². The van der Waals surface area contributed by atoms with Gasteiger partial charge in [0.15, 0.2) is 0 Å². The fraction of sp³-hybridized carbons (Fsp3) is 0.833. The first kappa shape index (κ1) is 16.6. The minimum atomic E-state index is -1.27. The molecule has 5 nitrogen and oxygen atoms in total. The molecule has 1 saturated carbocycles. The van der Waals surface area contributed by atoms with Crippen LogP contribution in [-0.2, 0) is 9.59 Å². The van der Waals surface area contributed by atoms with Crippen molar-refractivity contribution in [1.29, 1.82) is 0 Å². The zero-order chi connectivity index (χ0) is 12.6. The van der Waals surface area contributed by atoms with E-state index in [0.717, 1.165) is 25.7 Å². The number of aliphatic hydroxyl groups is 1. The van der Waals surface area contributed by atoms with Gasteiger partial charge in [0.2, 0.25) is 5.91 Å². The number of likely N-dealkylation sites (tertiary alicyclic amines) is 1. The van der Waals surface area contributed by atoms with Gasteiger partial charge in [-0.15, -0.1) is 0 Å². The predicted octanol–water partition coefficient (Wildman–Crippen LogP) is -3.72.